The van der Waals surface area contributed by atoms with Crippen molar-refractivity contribution in [1.82, 2.24) is 0 Å². The number of ether oxygens (including phenoxy) is 2. The van der Waals surface area contributed by atoms with Crippen LogP contribution in [-0.2, 0) is 21.7 Å². The van der Waals surface area contributed by atoms with Crippen LogP contribution in [0, 0.1) is 5.92 Å². The highest BCUT2D eigenvalue weighted by atomic mass is 27.0. The Morgan fingerprint density at radius 2 is 0.743 bits per heavy atom. The quantitative estimate of drug-likeness (QED) is 0.307. The van der Waals surface area contributed by atoms with Crippen molar-refractivity contribution in [2.24, 2.45) is 5.92 Å². The van der Waals surface area contributed by atoms with Crippen LogP contribution in [0.5, 0.6) is 11.5 Å². The summed E-state index contributed by atoms with van der Waals surface area (Å²) >= 11 is 2.94. The summed E-state index contributed by atoms with van der Waals surface area (Å²) in [6, 6.07) is 13.1. The SMILES string of the molecule is CC(C)[C]([Al])(Oc1c(C(C)(C)C)cccc1C(C)(C)C)Oc1c(C(C)(C)C)cccc1C(C)(C)C. The van der Waals surface area contributed by atoms with E-state index in [1.165, 1.54) is 22.3 Å². The first-order valence-corrected chi connectivity index (χ1v) is 13.6. The van der Waals surface area contributed by atoms with Crippen molar-refractivity contribution in [3.05, 3.63) is 58.7 Å². The van der Waals surface area contributed by atoms with Crippen LogP contribution in [0.15, 0.2) is 36.4 Å². The van der Waals surface area contributed by atoms with Crippen LogP contribution in [0.1, 0.15) is 119 Å². The van der Waals surface area contributed by atoms with Crippen LogP contribution in [0.2, 0.25) is 0 Å². The molecule has 192 valence electrons. The van der Waals surface area contributed by atoms with Gasteiger partial charge in [0.25, 0.3) is 16.3 Å². The highest BCUT2D eigenvalue weighted by molar-refractivity contribution is 6.14. The molecule has 0 saturated heterocycles. The summed E-state index contributed by atoms with van der Waals surface area (Å²) in [5.41, 5.74) is 4.50. The van der Waals surface area contributed by atoms with Gasteiger partial charge in [-0.15, -0.1) is 0 Å². The highest BCUT2D eigenvalue weighted by Gasteiger charge is 2.38. The van der Waals surface area contributed by atoms with Gasteiger partial charge >= 0.3 is 0 Å². The second kappa shape index (κ2) is 9.80. The van der Waals surface area contributed by atoms with E-state index in [-0.39, 0.29) is 27.6 Å². The average molecular weight is 493 g/mol. The topological polar surface area (TPSA) is 18.5 Å². The van der Waals surface area contributed by atoms with Gasteiger partial charge in [0, 0.05) is 5.92 Å². The Morgan fingerprint density at radius 3 is 0.914 bits per heavy atom. The van der Waals surface area contributed by atoms with E-state index in [1.54, 1.807) is 0 Å². The summed E-state index contributed by atoms with van der Waals surface area (Å²) in [6.07, 6.45) is 0. The molecule has 0 aliphatic carbocycles. The molecule has 0 aromatic heterocycles. The predicted molar refractivity (Wildman–Crippen MR) is 152 cm³/mol. The fraction of sp³-hybridized carbons (Fsp3) is 0.625. The van der Waals surface area contributed by atoms with E-state index in [2.05, 4.69) is 150 Å². The maximum Gasteiger partial charge on any atom is 0.272 e. The van der Waals surface area contributed by atoms with Gasteiger partial charge in [-0.1, -0.05) is 133 Å². The van der Waals surface area contributed by atoms with E-state index in [4.69, 9.17) is 9.47 Å². The van der Waals surface area contributed by atoms with E-state index in [0.717, 1.165) is 11.5 Å². The average Bonchev–Trinajstić information content (AvgIpc) is 2.64. The summed E-state index contributed by atoms with van der Waals surface area (Å²) in [7, 11) is 0. The minimum atomic E-state index is -0.942. The lowest BCUT2D eigenvalue weighted by molar-refractivity contribution is -0.0773. The van der Waals surface area contributed by atoms with Gasteiger partial charge in [-0.05, 0) is 43.9 Å². The summed E-state index contributed by atoms with van der Waals surface area (Å²) in [5, 5.41) is 0. The number of hydrogen-bond acceptors (Lipinski definition) is 2. The van der Waals surface area contributed by atoms with Crippen LogP contribution in [0.4, 0.5) is 0 Å². The third-order valence-corrected chi connectivity index (χ3v) is 7.49. The molecule has 0 amide bonds. The molecule has 2 nitrogen and oxygen atoms in total. The first kappa shape index (κ1) is 29.8. The van der Waals surface area contributed by atoms with E-state index in [0.29, 0.717) is 0 Å². The standard InChI is InChI=1S/C32H49O2.Al/c1-21(2)28(33-26-22(29(3,4)5)17-15-18-23(26)30(6,7)8)34-27-24(31(9,10)11)19-16-20-25(27)32(12,13)14;/h15-21H,1-14H3;. The molecule has 35 heavy (non-hydrogen) atoms. The van der Waals surface area contributed by atoms with E-state index >= 15 is 0 Å². The fourth-order valence-electron chi connectivity index (χ4n) is 4.23. The van der Waals surface area contributed by atoms with E-state index in [1.807, 2.05) is 0 Å². The fourth-order valence-corrected chi connectivity index (χ4v) is 4.47. The Morgan fingerprint density at radius 1 is 0.514 bits per heavy atom. The molecule has 0 saturated carbocycles. The zero-order valence-corrected chi connectivity index (χ0v) is 26.1. The van der Waals surface area contributed by atoms with Gasteiger partial charge in [0.05, 0.1) is 0 Å². The molecular weight excluding hydrogens is 443 g/mol. The van der Waals surface area contributed by atoms with Crippen molar-refractivity contribution in [1.29, 1.82) is 0 Å². The first-order chi connectivity index (χ1) is 15.6. The molecule has 0 heterocycles. The lowest BCUT2D eigenvalue weighted by Crippen LogP contribution is -2.49. The predicted octanol–water partition coefficient (Wildman–Crippen LogP) is 8.81. The smallest absolute Gasteiger partial charge is 0.272 e. The van der Waals surface area contributed by atoms with E-state index < -0.39 is 4.65 Å². The molecule has 0 N–H and O–H groups in total. The zero-order valence-electron chi connectivity index (χ0n) is 24.9. The summed E-state index contributed by atoms with van der Waals surface area (Å²) < 4.78 is 13.2. The van der Waals surface area contributed by atoms with Crippen LogP contribution in [0.3, 0.4) is 0 Å². The molecular formula is C32H49AlO2. The van der Waals surface area contributed by atoms with Crippen molar-refractivity contribution in [2.75, 3.05) is 0 Å². The lowest BCUT2D eigenvalue weighted by Gasteiger charge is -2.43. The van der Waals surface area contributed by atoms with Crippen molar-refractivity contribution in [3.63, 3.8) is 0 Å². The Kier molecular flexibility index (Phi) is 8.34. The minimum absolute atomic E-state index is 0.0704. The highest BCUT2D eigenvalue weighted by Crippen LogP contribution is 2.45. The third-order valence-electron chi connectivity index (χ3n) is 6.59. The van der Waals surface area contributed by atoms with Gasteiger partial charge in [0.15, 0.2) is 4.65 Å². The zero-order chi connectivity index (χ0) is 27.2. The molecule has 0 atom stereocenters. The Labute approximate surface area is 224 Å². The van der Waals surface area contributed by atoms with Crippen LogP contribution in [0.25, 0.3) is 0 Å². The van der Waals surface area contributed by atoms with Crippen molar-refractivity contribution < 1.29 is 9.47 Å². The molecule has 2 aromatic carbocycles. The normalized spacial score (nSPS) is 13.8. The Hall–Kier alpha value is -1.43. The molecule has 0 spiro atoms. The van der Waals surface area contributed by atoms with Crippen LogP contribution >= 0.6 is 0 Å². The van der Waals surface area contributed by atoms with Crippen molar-refractivity contribution in [2.45, 2.75) is 123 Å². The van der Waals surface area contributed by atoms with Gasteiger partial charge < -0.3 is 9.47 Å². The van der Waals surface area contributed by atoms with Gasteiger partial charge in [0.1, 0.15) is 11.5 Å². The second-order valence-electron chi connectivity index (χ2n) is 14.4. The molecule has 2 aromatic rings. The minimum Gasteiger partial charge on any atom is -0.470 e. The maximum absolute atomic E-state index is 7.06. The second-order valence-corrected chi connectivity index (χ2v) is 15.2. The van der Waals surface area contributed by atoms with Gasteiger partial charge in [-0.3, -0.25) is 0 Å². The summed E-state index contributed by atoms with van der Waals surface area (Å²) in [5.74, 6) is 1.94. The number of benzene rings is 2. The third kappa shape index (κ3) is 6.87. The van der Waals surface area contributed by atoms with Gasteiger partial charge in [-0.25, -0.2) is 0 Å². The molecule has 3 heteroatoms. The molecule has 2 rings (SSSR count). The summed E-state index contributed by atoms with van der Waals surface area (Å²) in [4.78, 5) is 0. The molecule has 2 radical (unpaired) electrons. The monoisotopic (exact) mass is 492 g/mol. The van der Waals surface area contributed by atoms with Crippen LogP contribution < -0.4 is 9.47 Å². The van der Waals surface area contributed by atoms with Gasteiger partial charge in [0.2, 0.25) is 0 Å². The molecule has 0 fully saturated rings. The van der Waals surface area contributed by atoms with Crippen LogP contribution in [-0.4, -0.2) is 20.9 Å². The Bertz CT molecular complexity index is 879. The number of rotatable bonds is 5. The van der Waals surface area contributed by atoms with Gasteiger partial charge in [-0.2, -0.15) is 0 Å². The molecule has 0 aliphatic rings. The number of hydrogen-bond donors (Lipinski definition) is 0. The Balaban J connectivity index is 2.80. The first-order valence-electron chi connectivity index (χ1n) is 13.0. The lowest BCUT2D eigenvalue weighted by atomic mass is 9.79. The summed E-state index contributed by atoms with van der Waals surface area (Å²) in [6.45, 7) is 31.3. The van der Waals surface area contributed by atoms with Crippen molar-refractivity contribution in [3.8, 4) is 11.5 Å². The molecule has 0 bridgehead atoms. The largest absolute Gasteiger partial charge is 0.470 e. The van der Waals surface area contributed by atoms with E-state index in [9.17, 15) is 0 Å². The number of para-hydroxylation sites is 2. The maximum atomic E-state index is 7.06. The molecule has 0 unspecified atom stereocenters. The molecule has 0 aliphatic heterocycles. The van der Waals surface area contributed by atoms with Crippen molar-refractivity contribution >= 4 is 16.3 Å².